The van der Waals surface area contributed by atoms with E-state index in [1.807, 2.05) is 0 Å². The van der Waals surface area contributed by atoms with Gasteiger partial charge in [-0.2, -0.15) is 0 Å². The van der Waals surface area contributed by atoms with E-state index in [1.54, 1.807) is 43.6 Å². The number of aliphatic carboxylic acids is 1. The van der Waals surface area contributed by atoms with Gasteiger partial charge < -0.3 is 14.7 Å². The minimum atomic E-state index is -1.23. The van der Waals surface area contributed by atoms with E-state index in [2.05, 4.69) is 9.88 Å². The van der Waals surface area contributed by atoms with Gasteiger partial charge in [-0.15, -0.1) is 0 Å². The van der Waals surface area contributed by atoms with E-state index in [1.165, 1.54) is 6.07 Å². The van der Waals surface area contributed by atoms with Gasteiger partial charge in [-0.25, -0.2) is 13.2 Å². The van der Waals surface area contributed by atoms with Crippen LogP contribution in [0.25, 0.3) is 10.9 Å². The lowest BCUT2D eigenvalue weighted by molar-refractivity contribution is -0.146. The van der Waals surface area contributed by atoms with Gasteiger partial charge in [0.05, 0.1) is 18.5 Å². The molecule has 0 amide bonds. The fraction of sp³-hybridized carbons (Fsp3) is 0.448. The van der Waals surface area contributed by atoms with Crippen molar-refractivity contribution in [3.05, 3.63) is 71.4 Å². The summed E-state index contributed by atoms with van der Waals surface area (Å²) in [6, 6.07) is 11.3. The molecule has 1 saturated heterocycles. The monoisotopic (exact) mass is 514 g/mol. The number of hydrogen-bond donors (Lipinski definition) is 1. The number of ether oxygens (including phenoxy) is 1. The van der Waals surface area contributed by atoms with Crippen molar-refractivity contribution in [2.24, 2.45) is 11.8 Å². The highest BCUT2D eigenvalue weighted by atomic mass is 19.2. The molecule has 37 heavy (non-hydrogen) atoms. The van der Waals surface area contributed by atoms with Crippen LogP contribution in [-0.4, -0.2) is 47.7 Å². The van der Waals surface area contributed by atoms with Gasteiger partial charge in [-0.1, -0.05) is 12.1 Å². The second-order valence-corrected chi connectivity index (χ2v) is 9.79. The summed E-state index contributed by atoms with van der Waals surface area (Å²) < 4.78 is 47.9. The number of rotatable bonds is 11. The molecule has 1 aliphatic heterocycles. The van der Waals surface area contributed by atoms with Crippen molar-refractivity contribution >= 4 is 16.9 Å². The summed E-state index contributed by atoms with van der Waals surface area (Å²) >= 11 is 0. The average Bonchev–Trinajstić information content (AvgIpc) is 2.91. The minimum absolute atomic E-state index is 0.101. The molecule has 3 atom stereocenters. The van der Waals surface area contributed by atoms with Gasteiger partial charge in [0, 0.05) is 18.1 Å². The number of nitrogens with zero attached hydrogens (tertiary/aromatic N) is 2. The molecule has 0 aliphatic carbocycles. The highest BCUT2D eigenvalue weighted by Crippen LogP contribution is 2.35. The molecule has 1 unspecified atom stereocenters. The molecule has 2 heterocycles. The molecule has 2 aromatic carbocycles. The van der Waals surface area contributed by atoms with Gasteiger partial charge in [-0.05, 0) is 99.0 Å². The van der Waals surface area contributed by atoms with Gasteiger partial charge in [0.15, 0.2) is 11.6 Å². The van der Waals surface area contributed by atoms with E-state index in [-0.39, 0.29) is 12.3 Å². The first-order valence-electron chi connectivity index (χ1n) is 12.8. The quantitative estimate of drug-likeness (QED) is 0.302. The number of piperidine rings is 1. The van der Waals surface area contributed by atoms with Crippen LogP contribution >= 0.6 is 0 Å². The Hall–Kier alpha value is -3.13. The summed E-state index contributed by atoms with van der Waals surface area (Å²) in [5.41, 5.74) is 1.60. The predicted octanol–water partition coefficient (Wildman–Crippen LogP) is 6.36. The van der Waals surface area contributed by atoms with Crippen LogP contribution in [0.5, 0.6) is 5.75 Å². The molecule has 0 saturated carbocycles. The molecular weight excluding hydrogens is 481 g/mol. The van der Waals surface area contributed by atoms with Crippen molar-refractivity contribution < 1.29 is 27.8 Å². The number of halogens is 3. The number of carboxylic acid groups (broad SMARTS) is 1. The van der Waals surface area contributed by atoms with Crippen LogP contribution in [0.4, 0.5) is 13.2 Å². The molecule has 1 fully saturated rings. The molecule has 5 nitrogen and oxygen atoms in total. The number of benzene rings is 2. The van der Waals surface area contributed by atoms with Crippen molar-refractivity contribution in [1.29, 1.82) is 0 Å². The Morgan fingerprint density at radius 1 is 1.22 bits per heavy atom. The van der Waals surface area contributed by atoms with Crippen LogP contribution in [0.3, 0.4) is 0 Å². The number of fused-ring (bicyclic) bond motifs is 1. The molecule has 1 N–H and O–H groups in total. The normalized spacial score (nSPS) is 19.1. The van der Waals surface area contributed by atoms with E-state index in [0.29, 0.717) is 66.6 Å². The smallest absolute Gasteiger partial charge is 0.308 e. The number of carbonyl (C=O) groups is 1. The van der Waals surface area contributed by atoms with E-state index in [9.17, 15) is 18.7 Å². The van der Waals surface area contributed by atoms with Crippen molar-refractivity contribution in [2.75, 3.05) is 26.7 Å². The highest BCUT2D eigenvalue weighted by molar-refractivity contribution is 5.83. The third-order valence-electron chi connectivity index (χ3n) is 7.47. The topological polar surface area (TPSA) is 62.7 Å². The van der Waals surface area contributed by atoms with Gasteiger partial charge in [0.1, 0.15) is 11.9 Å². The van der Waals surface area contributed by atoms with E-state index in [0.717, 1.165) is 19.0 Å². The predicted molar refractivity (Wildman–Crippen MR) is 136 cm³/mol. The Kier molecular flexibility index (Phi) is 9.03. The van der Waals surface area contributed by atoms with Crippen LogP contribution in [0, 0.1) is 23.5 Å². The minimum Gasteiger partial charge on any atom is -0.497 e. The Balaban J connectivity index is 1.30. The summed E-state index contributed by atoms with van der Waals surface area (Å²) in [6.45, 7) is 1.86. The van der Waals surface area contributed by atoms with Gasteiger partial charge in [-0.3, -0.25) is 9.78 Å². The molecule has 8 heteroatoms. The largest absolute Gasteiger partial charge is 0.497 e. The fourth-order valence-electron chi connectivity index (χ4n) is 5.35. The second kappa shape index (κ2) is 12.4. The first kappa shape index (κ1) is 26.9. The van der Waals surface area contributed by atoms with Crippen molar-refractivity contribution in [3.63, 3.8) is 0 Å². The molecule has 4 rings (SSSR count). The maximum Gasteiger partial charge on any atom is 0.308 e. The van der Waals surface area contributed by atoms with Crippen LogP contribution in [0.2, 0.25) is 0 Å². The maximum atomic E-state index is 15.4. The number of unbranched alkanes of at least 4 members (excludes halogenated alkanes) is 1. The van der Waals surface area contributed by atoms with Crippen LogP contribution in [0.1, 0.15) is 49.4 Å². The lowest BCUT2D eigenvalue weighted by Gasteiger charge is -2.37. The van der Waals surface area contributed by atoms with E-state index < -0.39 is 29.7 Å². The highest BCUT2D eigenvalue weighted by Gasteiger charge is 2.34. The van der Waals surface area contributed by atoms with Crippen molar-refractivity contribution in [1.82, 2.24) is 9.88 Å². The zero-order valence-corrected chi connectivity index (χ0v) is 21.0. The van der Waals surface area contributed by atoms with Crippen molar-refractivity contribution in [3.8, 4) is 5.75 Å². The lowest BCUT2D eigenvalue weighted by atomic mass is 9.81. The Morgan fingerprint density at radius 3 is 2.84 bits per heavy atom. The molecule has 0 radical (unpaired) electrons. The molecule has 3 aromatic rings. The number of alkyl halides is 1. The first-order chi connectivity index (χ1) is 17.9. The number of carboxylic acids is 1. The summed E-state index contributed by atoms with van der Waals surface area (Å²) in [5, 5.41) is 10.6. The Morgan fingerprint density at radius 2 is 2.05 bits per heavy atom. The van der Waals surface area contributed by atoms with E-state index in [4.69, 9.17) is 4.74 Å². The van der Waals surface area contributed by atoms with Crippen LogP contribution in [0.15, 0.2) is 48.7 Å². The van der Waals surface area contributed by atoms with Gasteiger partial charge >= 0.3 is 5.97 Å². The van der Waals surface area contributed by atoms with E-state index >= 15 is 4.39 Å². The molecule has 0 spiro atoms. The van der Waals surface area contributed by atoms with Crippen LogP contribution in [-0.2, 0) is 11.2 Å². The Bertz CT molecular complexity index is 1220. The van der Waals surface area contributed by atoms with Crippen molar-refractivity contribution in [2.45, 2.75) is 44.7 Å². The first-order valence-corrected chi connectivity index (χ1v) is 12.8. The standard InChI is InChI=1S/C29H33F3N2O3/c1-37-21-9-11-27-23(17-21)22(12-14-33-27)25(30)10-8-19-13-16-34(18-24(19)29(35)36)15-3-2-5-20-6-4-7-26(31)28(20)32/h4,6-7,9,11-12,14,17,19,24-25H,2-3,5,8,10,13,15-16,18H2,1H3,(H,35,36)/t19-,24+,25?/m1/s1. The number of aromatic nitrogens is 1. The molecule has 198 valence electrons. The summed E-state index contributed by atoms with van der Waals surface area (Å²) in [7, 11) is 1.56. The number of methoxy groups -OCH3 is 1. The second-order valence-electron chi connectivity index (χ2n) is 9.79. The molecule has 1 aliphatic rings. The number of hydrogen-bond acceptors (Lipinski definition) is 4. The van der Waals surface area contributed by atoms with Gasteiger partial charge in [0.2, 0.25) is 0 Å². The van der Waals surface area contributed by atoms with Crippen LogP contribution < -0.4 is 4.74 Å². The zero-order chi connectivity index (χ0) is 26.4. The zero-order valence-electron chi connectivity index (χ0n) is 21.0. The SMILES string of the molecule is COc1ccc2nccc(C(F)CC[C@@H]3CCN(CCCCc4cccc(F)c4F)C[C@@H]3C(=O)O)c2c1. The number of likely N-dealkylation sites (tertiary alicyclic amines) is 1. The molecule has 1 aromatic heterocycles. The average molecular weight is 515 g/mol. The molecular formula is C29H33F3N2O3. The Labute approximate surface area is 215 Å². The third-order valence-corrected chi connectivity index (χ3v) is 7.47. The third kappa shape index (κ3) is 6.60. The summed E-state index contributed by atoms with van der Waals surface area (Å²) in [5.74, 6) is -2.51. The van der Waals surface area contributed by atoms with Gasteiger partial charge in [0.25, 0.3) is 0 Å². The lowest BCUT2D eigenvalue weighted by Crippen LogP contribution is -2.44. The molecule has 0 bridgehead atoms. The fourth-order valence-corrected chi connectivity index (χ4v) is 5.35. The number of aryl methyl sites for hydroxylation is 1. The number of pyridine rings is 1. The summed E-state index contributed by atoms with van der Waals surface area (Å²) in [4.78, 5) is 18.5. The maximum absolute atomic E-state index is 15.4. The summed E-state index contributed by atoms with van der Waals surface area (Å²) in [6.07, 6.45) is 3.67.